The lowest BCUT2D eigenvalue weighted by atomic mass is 10.0. The van der Waals surface area contributed by atoms with Crippen LogP contribution in [0.1, 0.15) is 16.8 Å². The molecule has 82 valence electrons. The molecule has 2 nitrogen and oxygen atoms in total. The summed E-state index contributed by atoms with van der Waals surface area (Å²) in [6.45, 7) is 4.72. The van der Waals surface area contributed by atoms with Gasteiger partial charge in [-0.2, -0.15) is 0 Å². The molecule has 0 radical (unpaired) electrons. The van der Waals surface area contributed by atoms with Crippen molar-refractivity contribution in [2.75, 3.05) is 0 Å². The summed E-state index contributed by atoms with van der Waals surface area (Å²) < 4.78 is 0. The minimum absolute atomic E-state index is 0.485. The van der Waals surface area contributed by atoms with Crippen molar-refractivity contribution in [3.63, 3.8) is 0 Å². The monoisotopic (exact) mass is 212 g/mol. The molecule has 0 atom stereocenters. The number of aryl methyl sites for hydroxylation is 2. The molecule has 2 rings (SSSR count). The Morgan fingerprint density at radius 3 is 2.56 bits per heavy atom. The summed E-state index contributed by atoms with van der Waals surface area (Å²) in [5, 5.41) is 0. The van der Waals surface area contributed by atoms with Crippen molar-refractivity contribution in [3.8, 4) is 11.3 Å². The van der Waals surface area contributed by atoms with Gasteiger partial charge in [0.15, 0.2) is 0 Å². The van der Waals surface area contributed by atoms with Crippen LogP contribution in [0, 0.1) is 13.8 Å². The van der Waals surface area contributed by atoms with Crippen molar-refractivity contribution in [2.45, 2.75) is 20.4 Å². The van der Waals surface area contributed by atoms with E-state index < -0.39 is 0 Å². The van der Waals surface area contributed by atoms with Crippen LogP contribution in [0.2, 0.25) is 0 Å². The fourth-order valence-electron chi connectivity index (χ4n) is 1.65. The summed E-state index contributed by atoms with van der Waals surface area (Å²) in [4.78, 5) is 4.51. The third-order valence-electron chi connectivity index (χ3n) is 2.82. The zero-order valence-corrected chi connectivity index (χ0v) is 9.70. The molecular weight excluding hydrogens is 196 g/mol. The van der Waals surface area contributed by atoms with Gasteiger partial charge in [0.1, 0.15) is 0 Å². The maximum atomic E-state index is 5.59. The predicted molar refractivity (Wildman–Crippen MR) is 67.0 cm³/mol. The molecule has 0 spiro atoms. The highest BCUT2D eigenvalue weighted by Crippen LogP contribution is 2.20. The lowest BCUT2D eigenvalue weighted by Gasteiger charge is -2.06. The van der Waals surface area contributed by atoms with Gasteiger partial charge < -0.3 is 5.73 Å². The van der Waals surface area contributed by atoms with E-state index in [0.29, 0.717) is 6.54 Å². The van der Waals surface area contributed by atoms with Crippen molar-refractivity contribution in [1.82, 2.24) is 4.98 Å². The first-order valence-corrected chi connectivity index (χ1v) is 5.44. The molecule has 0 aliphatic carbocycles. The average molecular weight is 212 g/mol. The van der Waals surface area contributed by atoms with Crippen molar-refractivity contribution in [1.29, 1.82) is 0 Å². The molecule has 0 saturated carbocycles. The summed E-state index contributed by atoms with van der Waals surface area (Å²) in [6, 6.07) is 12.4. The standard InChI is InChI=1S/C14H16N2/c1-10-6-7-12(8-11(10)2)14-5-3-4-13(9-15)16-14/h3-8H,9,15H2,1-2H3. The van der Waals surface area contributed by atoms with Crippen molar-refractivity contribution < 1.29 is 0 Å². The van der Waals surface area contributed by atoms with Gasteiger partial charge in [0.2, 0.25) is 0 Å². The Kier molecular flexibility index (Phi) is 3.02. The number of aromatic nitrogens is 1. The van der Waals surface area contributed by atoms with Crippen LogP contribution in [0.15, 0.2) is 36.4 Å². The minimum Gasteiger partial charge on any atom is -0.325 e. The first kappa shape index (κ1) is 10.8. The van der Waals surface area contributed by atoms with Gasteiger partial charge in [-0.3, -0.25) is 4.98 Å². The van der Waals surface area contributed by atoms with Crippen LogP contribution in [0.25, 0.3) is 11.3 Å². The van der Waals surface area contributed by atoms with E-state index in [4.69, 9.17) is 5.73 Å². The molecule has 0 unspecified atom stereocenters. The lowest BCUT2D eigenvalue weighted by Crippen LogP contribution is -1.99. The van der Waals surface area contributed by atoms with Crippen LogP contribution in [-0.4, -0.2) is 4.98 Å². The highest BCUT2D eigenvalue weighted by molar-refractivity contribution is 5.61. The molecule has 0 fully saturated rings. The summed E-state index contributed by atoms with van der Waals surface area (Å²) in [5.74, 6) is 0. The van der Waals surface area contributed by atoms with E-state index in [0.717, 1.165) is 17.0 Å². The minimum atomic E-state index is 0.485. The van der Waals surface area contributed by atoms with Crippen molar-refractivity contribution in [3.05, 3.63) is 53.2 Å². The molecule has 16 heavy (non-hydrogen) atoms. The first-order valence-electron chi connectivity index (χ1n) is 5.44. The van der Waals surface area contributed by atoms with Crippen molar-refractivity contribution >= 4 is 0 Å². The summed E-state index contributed by atoms with van der Waals surface area (Å²) in [5.41, 5.74) is 11.3. The number of rotatable bonds is 2. The molecule has 0 aliphatic heterocycles. The average Bonchev–Trinajstić information content (AvgIpc) is 2.33. The molecule has 1 heterocycles. The molecule has 0 aliphatic rings. The number of pyridine rings is 1. The number of hydrogen-bond acceptors (Lipinski definition) is 2. The Bertz CT molecular complexity index is 504. The molecule has 2 aromatic rings. The Morgan fingerprint density at radius 1 is 1.06 bits per heavy atom. The van der Waals surface area contributed by atoms with E-state index in [2.05, 4.69) is 37.0 Å². The number of benzene rings is 1. The molecule has 2 N–H and O–H groups in total. The number of hydrogen-bond donors (Lipinski definition) is 1. The molecule has 0 bridgehead atoms. The maximum absolute atomic E-state index is 5.59. The van der Waals surface area contributed by atoms with E-state index in [-0.39, 0.29) is 0 Å². The Hall–Kier alpha value is -1.67. The van der Waals surface area contributed by atoms with Crippen LogP contribution in [0.3, 0.4) is 0 Å². The SMILES string of the molecule is Cc1ccc(-c2cccc(CN)n2)cc1C. The topological polar surface area (TPSA) is 38.9 Å². The highest BCUT2D eigenvalue weighted by atomic mass is 14.7. The predicted octanol–water partition coefficient (Wildman–Crippen LogP) is 2.82. The smallest absolute Gasteiger partial charge is 0.0705 e. The largest absolute Gasteiger partial charge is 0.325 e. The number of nitrogens with two attached hydrogens (primary N) is 1. The fraction of sp³-hybridized carbons (Fsp3) is 0.214. The fourth-order valence-corrected chi connectivity index (χ4v) is 1.65. The first-order chi connectivity index (χ1) is 7.70. The molecule has 0 amide bonds. The molecule has 0 saturated heterocycles. The molecular formula is C14H16N2. The number of nitrogens with zero attached hydrogens (tertiary/aromatic N) is 1. The third kappa shape index (κ3) is 2.12. The Labute approximate surface area is 96.1 Å². The second-order valence-electron chi connectivity index (χ2n) is 4.02. The quantitative estimate of drug-likeness (QED) is 0.831. The zero-order valence-electron chi connectivity index (χ0n) is 9.70. The van der Waals surface area contributed by atoms with Gasteiger partial charge >= 0.3 is 0 Å². The van der Waals surface area contributed by atoms with E-state index in [9.17, 15) is 0 Å². The lowest BCUT2D eigenvalue weighted by molar-refractivity contribution is 0.993. The highest BCUT2D eigenvalue weighted by Gasteiger charge is 2.01. The van der Waals surface area contributed by atoms with E-state index in [1.54, 1.807) is 0 Å². The second-order valence-corrected chi connectivity index (χ2v) is 4.02. The molecule has 2 heteroatoms. The zero-order chi connectivity index (χ0) is 11.5. The van der Waals surface area contributed by atoms with Gasteiger partial charge in [-0.05, 0) is 43.2 Å². The Balaban J connectivity index is 2.46. The van der Waals surface area contributed by atoms with Crippen LogP contribution in [0.5, 0.6) is 0 Å². The third-order valence-corrected chi connectivity index (χ3v) is 2.82. The van der Waals surface area contributed by atoms with E-state index in [1.807, 2.05) is 18.2 Å². The van der Waals surface area contributed by atoms with Gasteiger partial charge in [-0.25, -0.2) is 0 Å². The van der Waals surface area contributed by atoms with E-state index >= 15 is 0 Å². The van der Waals surface area contributed by atoms with Crippen LogP contribution < -0.4 is 5.73 Å². The van der Waals surface area contributed by atoms with Gasteiger partial charge in [0, 0.05) is 12.1 Å². The molecule has 1 aromatic heterocycles. The van der Waals surface area contributed by atoms with Crippen LogP contribution in [0.4, 0.5) is 0 Å². The Morgan fingerprint density at radius 2 is 1.88 bits per heavy atom. The van der Waals surface area contributed by atoms with Crippen LogP contribution in [-0.2, 0) is 6.54 Å². The van der Waals surface area contributed by atoms with E-state index in [1.165, 1.54) is 11.1 Å². The summed E-state index contributed by atoms with van der Waals surface area (Å²) in [7, 11) is 0. The van der Waals surface area contributed by atoms with Gasteiger partial charge in [0.25, 0.3) is 0 Å². The summed E-state index contributed by atoms with van der Waals surface area (Å²) >= 11 is 0. The van der Waals surface area contributed by atoms with Crippen LogP contribution >= 0.6 is 0 Å². The van der Waals surface area contributed by atoms with Gasteiger partial charge in [-0.15, -0.1) is 0 Å². The van der Waals surface area contributed by atoms with Gasteiger partial charge in [-0.1, -0.05) is 18.2 Å². The normalized spacial score (nSPS) is 10.4. The summed E-state index contributed by atoms with van der Waals surface area (Å²) in [6.07, 6.45) is 0. The molecule has 1 aromatic carbocycles. The maximum Gasteiger partial charge on any atom is 0.0705 e. The van der Waals surface area contributed by atoms with Crippen molar-refractivity contribution in [2.24, 2.45) is 5.73 Å². The second kappa shape index (κ2) is 4.45. The van der Waals surface area contributed by atoms with Gasteiger partial charge in [0.05, 0.1) is 11.4 Å².